The van der Waals surface area contributed by atoms with E-state index in [2.05, 4.69) is 4.98 Å². The van der Waals surface area contributed by atoms with Gasteiger partial charge in [0.05, 0.1) is 6.61 Å². The molecular formula is C14H15FN2O. The summed E-state index contributed by atoms with van der Waals surface area (Å²) in [4.78, 5) is 5.88. The van der Waals surface area contributed by atoms with Crippen molar-refractivity contribution in [1.82, 2.24) is 4.98 Å². The molecule has 0 fully saturated rings. The van der Waals surface area contributed by atoms with Crippen LogP contribution in [0.2, 0.25) is 0 Å². The molecule has 0 spiro atoms. The van der Waals surface area contributed by atoms with Gasteiger partial charge in [0.2, 0.25) is 0 Å². The molecule has 0 saturated heterocycles. The average molecular weight is 246 g/mol. The van der Waals surface area contributed by atoms with E-state index < -0.39 is 0 Å². The van der Waals surface area contributed by atoms with Crippen molar-refractivity contribution in [3.63, 3.8) is 0 Å². The fourth-order valence-electron chi connectivity index (χ4n) is 1.80. The maximum atomic E-state index is 13.4. The minimum Gasteiger partial charge on any atom is -0.392 e. The van der Waals surface area contributed by atoms with Gasteiger partial charge < -0.3 is 10.0 Å². The number of halogens is 1. The lowest BCUT2D eigenvalue weighted by molar-refractivity contribution is 0.281. The number of aromatic nitrogens is 1. The van der Waals surface area contributed by atoms with Gasteiger partial charge in [0.1, 0.15) is 5.82 Å². The molecule has 2 rings (SSSR count). The number of nitrogens with zero attached hydrogens (tertiary/aromatic N) is 2. The van der Waals surface area contributed by atoms with Crippen molar-refractivity contribution < 1.29 is 9.50 Å². The molecule has 1 N–H and O–H groups in total. The number of aliphatic hydroxyl groups excluding tert-OH is 1. The van der Waals surface area contributed by atoms with Crippen molar-refractivity contribution in [2.24, 2.45) is 0 Å². The summed E-state index contributed by atoms with van der Waals surface area (Å²) in [6, 6.07) is 8.42. The lowest BCUT2D eigenvalue weighted by Gasteiger charge is -2.20. The molecule has 94 valence electrons. The van der Waals surface area contributed by atoms with Gasteiger partial charge in [-0.05, 0) is 41.5 Å². The molecule has 0 saturated carbocycles. The van der Waals surface area contributed by atoms with Crippen molar-refractivity contribution >= 4 is 5.69 Å². The highest BCUT2D eigenvalue weighted by Gasteiger charge is 2.05. The predicted octanol–water partition coefficient (Wildman–Crippen LogP) is 2.35. The first-order valence-electron chi connectivity index (χ1n) is 5.69. The Bertz CT molecular complexity index is 516. The van der Waals surface area contributed by atoms with Gasteiger partial charge in [-0.1, -0.05) is 0 Å². The van der Waals surface area contributed by atoms with Crippen molar-refractivity contribution in [2.75, 3.05) is 11.9 Å². The van der Waals surface area contributed by atoms with Crippen LogP contribution in [0.1, 0.15) is 11.1 Å². The summed E-state index contributed by atoms with van der Waals surface area (Å²) in [6.45, 7) is 0.505. The van der Waals surface area contributed by atoms with Crippen molar-refractivity contribution in [2.45, 2.75) is 13.2 Å². The van der Waals surface area contributed by atoms with Gasteiger partial charge in [0.15, 0.2) is 0 Å². The Balaban J connectivity index is 2.18. The molecular weight excluding hydrogens is 231 g/mol. The topological polar surface area (TPSA) is 36.4 Å². The molecule has 2 aromatic rings. The van der Waals surface area contributed by atoms with Crippen molar-refractivity contribution in [1.29, 1.82) is 0 Å². The number of rotatable bonds is 4. The third-order valence-electron chi connectivity index (χ3n) is 2.73. The van der Waals surface area contributed by atoms with Gasteiger partial charge in [0, 0.05) is 31.7 Å². The van der Waals surface area contributed by atoms with E-state index in [1.807, 2.05) is 24.1 Å². The van der Waals surface area contributed by atoms with Gasteiger partial charge in [-0.2, -0.15) is 0 Å². The fourth-order valence-corrected chi connectivity index (χ4v) is 1.80. The molecule has 0 aliphatic rings. The van der Waals surface area contributed by atoms with Crippen LogP contribution in [-0.4, -0.2) is 17.1 Å². The zero-order valence-corrected chi connectivity index (χ0v) is 10.2. The van der Waals surface area contributed by atoms with Crippen molar-refractivity contribution in [3.8, 4) is 0 Å². The maximum Gasteiger partial charge on any atom is 0.125 e. The molecule has 1 aromatic heterocycles. The van der Waals surface area contributed by atoms with E-state index in [4.69, 9.17) is 5.11 Å². The quantitative estimate of drug-likeness (QED) is 0.899. The summed E-state index contributed by atoms with van der Waals surface area (Å²) in [7, 11) is 1.89. The number of pyridine rings is 1. The highest BCUT2D eigenvalue weighted by molar-refractivity contribution is 5.48. The molecule has 0 aliphatic carbocycles. The van der Waals surface area contributed by atoms with Crippen LogP contribution < -0.4 is 4.90 Å². The largest absolute Gasteiger partial charge is 0.392 e. The molecule has 18 heavy (non-hydrogen) atoms. The van der Waals surface area contributed by atoms with Crippen LogP contribution in [0.5, 0.6) is 0 Å². The molecule has 0 atom stereocenters. The molecule has 0 radical (unpaired) electrons. The summed E-state index contributed by atoms with van der Waals surface area (Å²) in [5.41, 5.74) is 2.42. The minimum absolute atomic E-state index is 0.159. The Morgan fingerprint density at radius 1 is 1.17 bits per heavy atom. The van der Waals surface area contributed by atoms with Crippen LogP contribution in [0, 0.1) is 5.82 Å². The lowest BCUT2D eigenvalue weighted by atomic mass is 10.1. The Labute approximate surface area is 106 Å². The lowest BCUT2D eigenvalue weighted by Crippen LogP contribution is -2.16. The molecule has 0 bridgehead atoms. The molecule has 0 aliphatic heterocycles. The first-order chi connectivity index (χ1) is 8.69. The molecule has 4 heteroatoms. The van der Waals surface area contributed by atoms with Gasteiger partial charge in [0.25, 0.3) is 0 Å². The van der Waals surface area contributed by atoms with Crippen LogP contribution in [-0.2, 0) is 13.2 Å². The second-order valence-electron chi connectivity index (χ2n) is 4.19. The van der Waals surface area contributed by atoms with Crippen LogP contribution >= 0.6 is 0 Å². The van der Waals surface area contributed by atoms with E-state index in [-0.39, 0.29) is 12.4 Å². The predicted molar refractivity (Wildman–Crippen MR) is 68.7 cm³/mol. The smallest absolute Gasteiger partial charge is 0.125 e. The minimum atomic E-state index is -0.335. The van der Waals surface area contributed by atoms with Gasteiger partial charge >= 0.3 is 0 Å². The average Bonchev–Trinajstić information content (AvgIpc) is 2.39. The molecule has 3 nitrogen and oxygen atoms in total. The molecule has 1 aromatic carbocycles. The standard InChI is InChI=1S/C14H15FN2O/c1-17(9-11-2-4-16-5-3-11)14-7-12(10-18)6-13(15)8-14/h2-8,18H,9-10H2,1H3. The number of hydrogen-bond acceptors (Lipinski definition) is 3. The van der Waals surface area contributed by atoms with Crippen LogP contribution in [0.3, 0.4) is 0 Å². The second-order valence-corrected chi connectivity index (χ2v) is 4.19. The second kappa shape index (κ2) is 5.60. The zero-order valence-electron chi connectivity index (χ0n) is 10.2. The SMILES string of the molecule is CN(Cc1ccncc1)c1cc(F)cc(CO)c1. The summed E-state index contributed by atoms with van der Waals surface area (Å²) in [5.74, 6) is -0.335. The number of benzene rings is 1. The number of aliphatic hydroxyl groups is 1. The molecule has 0 unspecified atom stereocenters. The number of hydrogen-bond donors (Lipinski definition) is 1. The summed E-state index contributed by atoms with van der Waals surface area (Å²) >= 11 is 0. The monoisotopic (exact) mass is 246 g/mol. The van der Waals surface area contributed by atoms with E-state index in [0.29, 0.717) is 12.1 Å². The fraction of sp³-hybridized carbons (Fsp3) is 0.214. The Morgan fingerprint density at radius 3 is 2.56 bits per heavy atom. The van der Waals surface area contributed by atoms with E-state index >= 15 is 0 Å². The van der Waals surface area contributed by atoms with Crippen LogP contribution in [0.15, 0.2) is 42.7 Å². The van der Waals surface area contributed by atoms with Crippen molar-refractivity contribution in [3.05, 3.63) is 59.7 Å². The molecule has 1 heterocycles. The number of anilines is 1. The van der Waals surface area contributed by atoms with Gasteiger partial charge in [-0.3, -0.25) is 4.98 Å². The van der Waals surface area contributed by atoms with Gasteiger partial charge in [-0.25, -0.2) is 4.39 Å². The summed E-state index contributed by atoms with van der Waals surface area (Å²) < 4.78 is 13.4. The third-order valence-corrected chi connectivity index (χ3v) is 2.73. The highest BCUT2D eigenvalue weighted by atomic mass is 19.1. The Hall–Kier alpha value is -1.94. The normalized spacial score (nSPS) is 10.4. The van der Waals surface area contributed by atoms with Gasteiger partial charge in [-0.15, -0.1) is 0 Å². The maximum absolute atomic E-state index is 13.4. The zero-order chi connectivity index (χ0) is 13.0. The van der Waals surface area contributed by atoms with E-state index in [9.17, 15) is 4.39 Å². The highest BCUT2D eigenvalue weighted by Crippen LogP contribution is 2.19. The summed E-state index contributed by atoms with van der Waals surface area (Å²) in [5, 5.41) is 9.06. The van der Waals surface area contributed by atoms with E-state index in [1.54, 1.807) is 18.5 Å². The van der Waals surface area contributed by atoms with Crippen LogP contribution in [0.25, 0.3) is 0 Å². The van der Waals surface area contributed by atoms with E-state index in [1.165, 1.54) is 12.1 Å². The first kappa shape index (κ1) is 12.5. The Morgan fingerprint density at radius 2 is 1.89 bits per heavy atom. The Kier molecular flexibility index (Phi) is 3.89. The first-order valence-corrected chi connectivity index (χ1v) is 5.69. The van der Waals surface area contributed by atoms with E-state index in [0.717, 1.165) is 11.3 Å². The molecule has 0 amide bonds. The summed E-state index contributed by atoms with van der Waals surface area (Å²) in [6.07, 6.45) is 3.46. The third kappa shape index (κ3) is 3.05. The van der Waals surface area contributed by atoms with Crippen LogP contribution in [0.4, 0.5) is 10.1 Å².